The minimum atomic E-state index is -0.780. The molecule has 0 atom stereocenters. The second-order valence-electron chi connectivity index (χ2n) is 6.94. The molecule has 154 valence electrons. The van der Waals surface area contributed by atoms with Crippen LogP contribution < -0.4 is 9.64 Å². The smallest absolute Gasteiger partial charge is 0.303 e. The van der Waals surface area contributed by atoms with Gasteiger partial charge in [-0.2, -0.15) is 0 Å². The Morgan fingerprint density at radius 1 is 1.17 bits per heavy atom. The highest BCUT2D eigenvalue weighted by atomic mass is 16.5. The number of rotatable bonds is 13. The summed E-state index contributed by atoms with van der Waals surface area (Å²) in [7, 11) is 0. The van der Waals surface area contributed by atoms with Gasteiger partial charge in [-0.3, -0.25) is 4.79 Å². The van der Waals surface area contributed by atoms with Crippen LogP contribution in [-0.2, 0) is 17.8 Å². The van der Waals surface area contributed by atoms with Crippen molar-refractivity contribution in [3.05, 3.63) is 84.5 Å². The van der Waals surface area contributed by atoms with Gasteiger partial charge in [0.15, 0.2) is 0 Å². The fraction of sp³-hybridized carbons (Fsp3) is 0.320. The Labute approximate surface area is 174 Å². The van der Waals surface area contributed by atoms with Crippen molar-refractivity contribution in [2.75, 3.05) is 18.0 Å². The molecule has 29 heavy (non-hydrogen) atoms. The molecular weight excluding hydrogens is 362 g/mol. The topological polar surface area (TPSA) is 49.8 Å². The second kappa shape index (κ2) is 12.4. The highest BCUT2D eigenvalue weighted by Gasteiger charge is 2.06. The van der Waals surface area contributed by atoms with Gasteiger partial charge in [-0.05, 0) is 61.6 Å². The van der Waals surface area contributed by atoms with Gasteiger partial charge in [-0.1, -0.05) is 42.5 Å². The minimum absolute atomic E-state index is 0.142. The van der Waals surface area contributed by atoms with Crippen LogP contribution in [0.1, 0.15) is 37.3 Å². The maximum absolute atomic E-state index is 10.7. The van der Waals surface area contributed by atoms with Gasteiger partial charge in [0.25, 0.3) is 0 Å². The summed E-state index contributed by atoms with van der Waals surface area (Å²) in [5.41, 5.74) is 3.29. The lowest BCUT2D eigenvalue weighted by Crippen LogP contribution is -2.24. The maximum atomic E-state index is 10.7. The second-order valence-corrected chi connectivity index (χ2v) is 6.94. The maximum Gasteiger partial charge on any atom is 0.303 e. The molecule has 0 spiro atoms. The number of nitrogens with zero attached hydrogens (tertiary/aromatic N) is 1. The van der Waals surface area contributed by atoms with Crippen molar-refractivity contribution in [2.24, 2.45) is 0 Å². The zero-order valence-electron chi connectivity index (χ0n) is 17.2. The van der Waals surface area contributed by atoms with Crippen molar-refractivity contribution in [3.63, 3.8) is 0 Å². The first-order chi connectivity index (χ1) is 14.1. The van der Waals surface area contributed by atoms with Crippen LogP contribution in [0.25, 0.3) is 0 Å². The van der Waals surface area contributed by atoms with Gasteiger partial charge in [-0.15, -0.1) is 6.58 Å². The summed E-state index contributed by atoms with van der Waals surface area (Å²) in [6.45, 7) is 8.23. The number of aryl methyl sites for hydroxylation is 1. The summed E-state index contributed by atoms with van der Waals surface area (Å²) in [6.07, 6.45) is 9.08. The molecule has 2 aromatic carbocycles. The van der Waals surface area contributed by atoms with Crippen LogP contribution in [0.2, 0.25) is 0 Å². The third kappa shape index (κ3) is 8.26. The zero-order chi connectivity index (χ0) is 20.9. The molecule has 0 unspecified atom stereocenters. The predicted octanol–water partition coefficient (Wildman–Crippen LogP) is 5.63. The van der Waals surface area contributed by atoms with E-state index < -0.39 is 5.97 Å². The van der Waals surface area contributed by atoms with Gasteiger partial charge in [-0.25, -0.2) is 0 Å². The summed E-state index contributed by atoms with van der Waals surface area (Å²) < 4.78 is 5.92. The molecule has 0 heterocycles. The molecule has 0 aliphatic carbocycles. The van der Waals surface area contributed by atoms with Crippen LogP contribution in [0.4, 0.5) is 5.69 Å². The number of benzene rings is 2. The molecule has 2 rings (SSSR count). The van der Waals surface area contributed by atoms with Gasteiger partial charge >= 0.3 is 5.97 Å². The van der Waals surface area contributed by atoms with Crippen molar-refractivity contribution in [1.82, 2.24) is 0 Å². The summed E-state index contributed by atoms with van der Waals surface area (Å²) >= 11 is 0. The lowest BCUT2D eigenvalue weighted by Gasteiger charge is -2.24. The van der Waals surface area contributed by atoms with Crippen LogP contribution >= 0.6 is 0 Å². The van der Waals surface area contributed by atoms with E-state index in [0.29, 0.717) is 13.0 Å². The summed E-state index contributed by atoms with van der Waals surface area (Å²) in [4.78, 5) is 13.0. The Bertz CT molecular complexity index is 796. The third-order valence-corrected chi connectivity index (χ3v) is 4.62. The first kappa shape index (κ1) is 22.3. The Morgan fingerprint density at radius 3 is 2.66 bits per heavy atom. The number of aliphatic carboxylic acids is 1. The van der Waals surface area contributed by atoms with Crippen LogP contribution in [0.5, 0.6) is 5.75 Å². The number of hydrogen-bond donors (Lipinski definition) is 1. The van der Waals surface area contributed by atoms with Crippen molar-refractivity contribution in [3.8, 4) is 5.75 Å². The predicted molar refractivity (Wildman–Crippen MR) is 120 cm³/mol. The van der Waals surface area contributed by atoms with E-state index in [1.54, 1.807) is 0 Å². The lowest BCUT2D eigenvalue weighted by molar-refractivity contribution is -0.136. The average Bonchev–Trinajstić information content (AvgIpc) is 2.74. The molecule has 0 radical (unpaired) electrons. The van der Waals surface area contributed by atoms with Gasteiger partial charge in [0, 0.05) is 25.2 Å². The molecule has 0 aliphatic heterocycles. The van der Waals surface area contributed by atoms with Crippen molar-refractivity contribution < 1.29 is 14.6 Å². The van der Waals surface area contributed by atoms with E-state index in [0.717, 1.165) is 42.8 Å². The molecule has 0 saturated heterocycles. The molecular formula is C25H31NO3. The van der Waals surface area contributed by atoms with E-state index in [4.69, 9.17) is 9.84 Å². The Balaban J connectivity index is 1.94. The number of unbranched alkanes of at least 4 members (excludes halogenated alkanes) is 1. The zero-order valence-corrected chi connectivity index (χ0v) is 17.2. The van der Waals surface area contributed by atoms with E-state index in [2.05, 4.69) is 54.8 Å². The number of carboxylic acids is 1. The summed E-state index contributed by atoms with van der Waals surface area (Å²) in [5, 5.41) is 8.77. The fourth-order valence-electron chi connectivity index (χ4n) is 3.06. The van der Waals surface area contributed by atoms with Gasteiger partial charge < -0.3 is 14.7 Å². The Hall–Kier alpha value is -3.01. The molecule has 2 aromatic rings. The first-order valence-corrected chi connectivity index (χ1v) is 10.1. The van der Waals surface area contributed by atoms with Crippen LogP contribution in [-0.4, -0.2) is 24.2 Å². The molecule has 0 aliphatic rings. The quantitative estimate of drug-likeness (QED) is 0.354. The number of ether oxygens (including phenoxy) is 1. The summed E-state index contributed by atoms with van der Waals surface area (Å²) in [5.74, 6) is 0.00122. The number of hydrogen-bond acceptors (Lipinski definition) is 3. The molecule has 4 heteroatoms. The molecule has 0 amide bonds. The van der Waals surface area contributed by atoms with Crippen LogP contribution in [0.3, 0.4) is 0 Å². The van der Waals surface area contributed by atoms with E-state index in [1.807, 2.05) is 30.3 Å². The van der Waals surface area contributed by atoms with Crippen molar-refractivity contribution in [2.45, 2.75) is 39.2 Å². The van der Waals surface area contributed by atoms with Crippen LogP contribution in [0.15, 0.2) is 73.3 Å². The minimum Gasteiger partial charge on any atom is -0.489 e. The number of allylic oxidation sites excluding steroid dienone is 2. The highest BCUT2D eigenvalue weighted by molar-refractivity contribution is 5.67. The molecule has 1 N–H and O–H groups in total. The summed E-state index contributed by atoms with van der Waals surface area (Å²) in [6, 6.07) is 16.1. The van der Waals surface area contributed by atoms with Gasteiger partial charge in [0.2, 0.25) is 0 Å². The standard InChI is InChI=1S/C25H31NO3/c1-3-5-6-7-18-26(17-4-2)23-10-8-9-22(19-23)20-29-24-14-11-21(12-15-24)13-16-25(27)28/h3-5,8-12,14-15,19H,2,6-7,13,16-18,20H2,1H3,(H,27,28)/b5-3+. The number of carboxylic acid groups (broad SMARTS) is 1. The monoisotopic (exact) mass is 393 g/mol. The molecule has 0 saturated carbocycles. The van der Waals surface area contributed by atoms with E-state index >= 15 is 0 Å². The third-order valence-electron chi connectivity index (χ3n) is 4.62. The van der Waals surface area contributed by atoms with Crippen molar-refractivity contribution >= 4 is 11.7 Å². The molecule has 4 nitrogen and oxygen atoms in total. The molecule has 0 fully saturated rings. The highest BCUT2D eigenvalue weighted by Crippen LogP contribution is 2.20. The number of carbonyl (C=O) groups is 1. The van der Waals surface area contributed by atoms with Gasteiger partial charge in [0.05, 0.1) is 0 Å². The molecule has 0 aromatic heterocycles. The Kier molecular flexibility index (Phi) is 9.56. The lowest BCUT2D eigenvalue weighted by atomic mass is 10.1. The molecule has 0 bridgehead atoms. The van der Waals surface area contributed by atoms with E-state index in [9.17, 15) is 4.79 Å². The first-order valence-electron chi connectivity index (χ1n) is 10.1. The largest absolute Gasteiger partial charge is 0.489 e. The average molecular weight is 394 g/mol. The van der Waals surface area contributed by atoms with E-state index in [1.165, 1.54) is 5.69 Å². The fourth-order valence-corrected chi connectivity index (χ4v) is 3.06. The van der Waals surface area contributed by atoms with E-state index in [-0.39, 0.29) is 6.42 Å². The van der Waals surface area contributed by atoms with Crippen molar-refractivity contribution in [1.29, 1.82) is 0 Å². The Morgan fingerprint density at radius 2 is 1.97 bits per heavy atom. The van der Waals surface area contributed by atoms with Gasteiger partial charge in [0.1, 0.15) is 12.4 Å². The number of anilines is 1. The van der Waals surface area contributed by atoms with Crippen LogP contribution in [0, 0.1) is 0 Å². The normalized spacial score (nSPS) is 10.8. The SMILES string of the molecule is C=CCN(CCC/C=C/C)c1cccc(COc2ccc(CCC(=O)O)cc2)c1.